The van der Waals surface area contributed by atoms with Crippen molar-refractivity contribution in [3.63, 3.8) is 0 Å². The fourth-order valence-corrected chi connectivity index (χ4v) is 3.06. The van der Waals surface area contributed by atoms with Crippen molar-refractivity contribution in [3.05, 3.63) is 82.4 Å². The van der Waals surface area contributed by atoms with Crippen molar-refractivity contribution in [3.8, 4) is 5.69 Å². The predicted molar refractivity (Wildman–Crippen MR) is 91.0 cm³/mol. The second-order valence-corrected chi connectivity index (χ2v) is 5.89. The summed E-state index contributed by atoms with van der Waals surface area (Å²) in [7, 11) is 0. The highest BCUT2D eigenvalue weighted by atomic mass is 19.1. The quantitative estimate of drug-likeness (QED) is 0.781. The lowest BCUT2D eigenvalue weighted by molar-refractivity contribution is 0.0695. The lowest BCUT2D eigenvalue weighted by Crippen LogP contribution is -2.10. The molecular weight excluding hydrogens is 321 g/mol. The van der Waals surface area contributed by atoms with Crippen molar-refractivity contribution in [1.29, 1.82) is 0 Å². The van der Waals surface area contributed by atoms with Gasteiger partial charge in [0.1, 0.15) is 11.4 Å². The van der Waals surface area contributed by atoms with E-state index in [1.54, 1.807) is 22.9 Å². The van der Waals surface area contributed by atoms with Crippen LogP contribution in [0.15, 0.2) is 53.7 Å². The van der Waals surface area contributed by atoms with E-state index in [1.807, 2.05) is 25.1 Å². The van der Waals surface area contributed by atoms with E-state index in [1.165, 1.54) is 12.3 Å². The van der Waals surface area contributed by atoms with E-state index in [4.69, 9.17) is 0 Å². The van der Waals surface area contributed by atoms with E-state index < -0.39 is 5.97 Å². The molecule has 1 aliphatic heterocycles. The van der Waals surface area contributed by atoms with E-state index in [0.29, 0.717) is 22.7 Å². The Labute approximate surface area is 143 Å². The number of aromatic nitrogens is 2. The molecule has 3 aromatic rings. The maximum Gasteiger partial charge on any atom is 0.339 e. The number of aromatic carboxylic acids is 1. The third-order valence-electron chi connectivity index (χ3n) is 4.25. The van der Waals surface area contributed by atoms with Crippen LogP contribution >= 0.6 is 0 Å². The molecule has 5 nitrogen and oxygen atoms in total. The molecule has 25 heavy (non-hydrogen) atoms. The lowest BCUT2D eigenvalue weighted by Gasteiger charge is -2.12. The third-order valence-corrected chi connectivity index (χ3v) is 4.25. The van der Waals surface area contributed by atoms with E-state index in [9.17, 15) is 14.3 Å². The summed E-state index contributed by atoms with van der Waals surface area (Å²) in [5.41, 5.74) is 3.87. The van der Waals surface area contributed by atoms with Gasteiger partial charge in [-0.3, -0.25) is 4.99 Å². The minimum absolute atomic E-state index is 0.102. The van der Waals surface area contributed by atoms with Gasteiger partial charge >= 0.3 is 5.97 Å². The summed E-state index contributed by atoms with van der Waals surface area (Å²) >= 11 is 0. The van der Waals surface area contributed by atoms with Gasteiger partial charge in [0.2, 0.25) is 0 Å². The Kier molecular flexibility index (Phi) is 3.46. The highest BCUT2D eigenvalue weighted by Crippen LogP contribution is 2.28. The van der Waals surface area contributed by atoms with Gasteiger partial charge in [-0.25, -0.2) is 13.9 Å². The predicted octanol–water partition coefficient (Wildman–Crippen LogP) is 3.37. The molecule has 0 aliphatic carbocycles. The third kappa shape index (κ3) is 2.42. The molecule has 1 aliphatic rings. The van der Waals surface area contributed by atoms with Gasteiger partial charge < -0.3 is 5.11 Å². The second-order valence-electron chi connectivity index (χ2n) is 5.89. The van der Waals surface area contributed by atoms with Gasteiger partial charge in [0.25, 0.3) is 0 Å². The smallest absolute Gasteiger partial charge is 0.339 e. The molecule has 0 unspecified atom stereocenters. The SMILES string of the molecule is Cc1ccc2c(c1)C(c1ccccc1F)=NCc1c(C(=O)O)cnn1-2. The largest absolute Gasteiger partial charge is 0.478 e. The van der Waals surface area contributed by atoms with Crippen molar-refractivity contribution in [2.45, 2.75) is 13.5 Å². The van der Waals surface area contributed by atoms with Gasteiger partial charge in [0.05, 0.1) is 29.8 Å². The summed E-state index contributed by atoms with van der Waals surface area (Å²) in [6.45, 7) is 2.05. The number of aryl methyl sites for hydroxylation is 1. The molecule has 0 bridgehead atoms. The Morgan fingerprint density at radius 3 is 2.76 bits per heavy atom. The maximum atomic E-state index is 14.4. The highest BCUT2D eigenvalue weighted by Gasteiger charge is 2.25. The van der Waals surface area contributed by atoms with Gasteiger partial charge in [0, 0.05) is 11.1 Å². The number of aliphatic imine (C=N–C) groups is 1. The standard InChI is InChI=1S/C19H14FN3O2/c1-11-6-7-16-13(8-11)18(12-4-2-3-5-15(12)20)21-10-17-14(19(24)25)9-22-23(16)17/h2-9H,10H2,1H3,(H,24,25). The fraction of sp³-hybridized carbons (Fsp3) is 0.105. The molecule has 0 radical (unpaired) electrons. The summed E-state index contributed by atoms with van der Waals surface area (Å²) in [6, 6.07) is 12.1. The van der Waals surface area contributed by atoms with Crippen molar-refractivity contribution < 1.29 is 14.3 Å². The van der Waals surface area contributed by atoms with Crippen molar-refractivity contribution in [1.82, 2.24) is 9.78 Å². The first-order valence-corrected chi connectivity index (χ1v) is 7.77. The number of carboxylic acid groups (broad SMARTS) is 1. The Hall–Kier alpha value is -3.28. The van der Waals surface area contributed by atoms with Crippen LogP contribution in [0, 0.1) is 12.7 Å². The van der Waals surface area contributed by atoms with Crippen LogP contribution in [0.2, 0.25) is 0 Å². The zero-order valence-corrected chi connectivity index (χ0v) is 13.4. The average molecular weight is 335 g/mol. The zero-order chi connectivity index (χ0) is 17.6. The number of hydrogen-bond donors (Lipinski definition) is 1. The normalized spacial score (nSPS) is 12.8. The Bertz CT molecular complexity index is 1040. The summed E-state index contributed by atoms with van der Waals surface area (Å²) in [5.74, 6) is -1.42. The fourth-order valence-electron chi connectivity index (χ4n) is 3.06. The first-order chi connectivity index (χ1) is 12.1. The summed E-state index contributed by atoms with van der Waals surface area (Å²) in [4.78, 5) is 16.0. The van der Waals surface area contributed by atoms with E-state index in [0.717, 1.165) is 11.1 Å². The number of nitrogens with zero attached hydrogens (tertiary/aromatic N) is 3. The van der Waals surface area contributed by atoms with Crippen LogP contribution in [-0.2, 0) is 6.54 Å². The number of fused-ring (bicyclic) bond motifs is 3. The molecule has 124 valence electrons. The first-order valence-electron chi connectivity index (χ1n) is 7.77. The summed E-state index contributed by atoms with van der Waals surface area (Å²) in [6.07, 6.45) is 1.32. The molecule has 2 heterocycles. The molecule has 6 heteroatoms. The van der Waals surface area contributed by atoms with Crippen molar-refractivity contribution in [2.75, 3.05) is 0 Å². The van der Waals surface area contributed by atoms with Crippen LogP contribution < -0.4 is 0 Å². The van der Waals surface area contributed by atoms with Crippen LogP contribution in [0.25, 0.3) is 5.69 Å². The lowest BCUT2D eigenvalue weighted by atomic mass is 9.98. The van der Waals surface area contributed by atoms with E-state index in [-0.39, 0.29) is 17.9 Å². The minimum Gasteiger partial charge on any atom is -0.478 e. The Morgan fingerprint density at radius 1 is 1.20 bits per heavy atom. The van der Waals surface area contributed by atoms with Gasteiger partial charge in [0.15, 0.2) is 0 Å². The van der Waals surface area contributed by atoms with Gasteiger partial charge in [-0.05, 0) is 31.2 Å². The number of carbonyl (C=O) groups is 1. The van der Waals surface area contributed by atoms with Gasteiger partial charge in [-0.2, -0.15) is 5.10 Å². The molecular formula is C19H14FN3O2. The van der Waals surface area contributed by atoms with Crippen LogP contribution in [0.4, 0.5) is 4.39 Å². The summed E-state index contributed by atoms with van der Waals surface area (Å²) < 4.78 is 15.9. The van der Waals surface area contributed by atoms with E-state index in [2.05, 4.69) is 10.1 Å². The first kappa shape index (κ1) is 15.3. The number of halogens is 1. The molecule has 0 fully saturated rings. The molecule has 1 aromatic heterocycles. The highest BCUT2D eigenvalue weighted by molar-refractivity contribution is 6.15. The molecule has 2 aromatic carbocycles. The zero-order valence-electron chi connectivity index (χ0n) is 13.4. The van der Waals surface area contributed by atoms with Crippen LogP contribution in [0.1, 0.15) is 32.7 Å². The average Bonchev–Trinajstić information content (AvgIpc) is 2.94. The molecule has 0 atom stereocenters. The maximum absolute atomic E-state index is 14.4. The molecule has 1 N–H and O–H groups in total. The molecule has 4 rings (SSSR count). The molecule has 0 amide bonds. The van der Waals surface area contributed by atoms with Gasteiger partial charge in [-0.15, -0.1) is 0 Å². The second kappa shape index (κ2) is 5.66. The Balaban J connectivity index is 2.01. The monoisotopic (exact) mass is 335 g/mol. The topological polar surface area (TPSA) is 67.5 Å². The molecule has 0 spiro atoms. The minimum atomic E-state index is -1.06. The van der Waals surface area contributed by atoms with Gasteiger partial charge in [-0.1, -0.05) is 23.8 Å². The van der Waals surface area contributed by atoms with Crippen LogP contribution in [0.3, 0.4) is 0 Å². The number of benzene rings is 2. The van der Waals surface area contributed by atoms with Crippen molar-refractivity contribution >= 4 is 11.7 Å². The van der Waals surface area contributed by atoms with Crippen molar-refractivity contribution in [2.24, 2.45) is 4.99 Å². The van der Waals surface area contributed by atoms with Crippen LogP contribution in [-0.4, -0.2) is 26.6 Å². The van der Waals surface area contributed by atoms with E-state index >= 15 is 0 Å². The number of carboxylic acids is 1. The molecule has 0 saturated carbocycles. The van der Waals surface area contributed by atoms with Crippen LogP contribution in [0.5, 0.6) is 0 Å². The number of hydrogen-bond acceptors (Lipinski definition) is 3. The molecule has 0 saturated heterocycles. The Morgan fingerprint density at radius 2 is 2.00 bits per heavy atom. The number of rotatable bonds is 2. The summed E-state index contributed by atoms with van der Waals surface area (Å²) in [5, 5.41) is 13.6.